The third kappa shape index (κ3) is 3.92. The Hall–Kier alpha value is -1.11. The average molecular weight is 340 g/mol. The van der Waals surface area contributed by atoms with Crippen LogP contribution in [0.15, 0.2) is 44.8 Å². The minimum Gasteiger partial charge on any atom is -0.329 e. The molecule has 19 heavy (non-hydrogen) atoms. The van der Waals surface area contributed by atoms with Crippen LogP contribution in [0.25, 0.3) is 0 Å². The van der Waals surface area contributed by atoms with E-state index >= 15 is 0 Å². The number of halogens is 1. The first kappa shape index (κ1) is 14.3. The van der Waals surface area contributed by atoms with Crippen molar-refractivity contribution >= 4 is 27.7 Å². The lowest BCUT2D eigenvalue weighted by Crippen LogP contribution is -2.13. The van der Waals surface area contributed by atoms with Crippen molar-refractivity contribution in [3.8, 4) is 0 Å². The maximum absolute atomic E-state index is 11.4. The van der Waals surface area contributed by atoms with E-state index in [9.17, 15) is 4.79 Å². The van der Waals surface area contributed by atoms with E-state index in [0.29, 0.717) is 17.4 Å². The average Bonchev–Trinajstić information content (AvgIpc) is 2.34. The predicted octanol–water partition coefficient (Wildman–Crippen LogP) is 2.63. The first-order chi connectivity index (χ1) is 9.08. The second-order valence-electron chi connectivity index (χ2n) is 4.09. The monoisotopic (exact) mass is 339 g/mol. The van der Waals surface area contributed by atoms with Crippen molar-refractivity contribution in [3.63, 3.8) is 0 Å². The van der Waals surface area contributed by atoms with Crippen molar-refractivity contribution in [3.05, 3.63) is 56.4 Å². The summed E-state index contributed by atoms with van der Waals surface area (Å²) < 4.78 is 1.01. The zero-order valence-electron chi connectivity index (χ0n) is 10.4. The Morgan fingerprint density at radius 1 is 1.47 bits per heavy atom. The zero-order valence-corrected chi connectivity index (χ0v) is 12.8. The molecule has 6 heteroatoms. The van der Waals surface area contributed by atoms with E-state index in [1.807, 2.05) is 24.3 Å². The topological polar surface area (TPSA) is 71.8 Å². The quantitative estimate of drug-likeness (QED) is 0.663. The molecule has 1 atom stereocenters. The van der Waals surface area contributed by atoms with Gasteiger partial charge in [-0.3, -0.25) is 4.79 Å². The third-order valence-electron chi connectivity index (χ3n) is 2.54. The number of nitrogens with zero attached hydrogens (tertiary/aromatic N) is 1. The largest absolute Gasteiger partial charge is 0.329 e. The highest BCUT2D eigenvalue weighted by molar-refractivity contribution is 9.10. The van der Waals surface area contributed by atoms with Gasteiger partial charge in [-0.15, -0.1) is 0 Å². The van der Waals surface area contributed by atoms with Gasteiger partial charge in [-0.1, -0.05) is 39.8 Å². The molecule has 0 aliphatic rings. The van der Waals surface area contributed by atoms with Crippen molar-refractivity contribution in [1.82, 2.24) is 9.97 Å². The smallest absolute Gasteiger partial charge is 0.251 e. The summed E-state index contributed by atoms with van der Waals surface area (Å²) in [6.45, 7) is 2.27. The number of thioether (sulfide) groups is 1. The van der Waals surface area contributed by atoms with Crippen LogP contribution < -0.4 is 11.3 Å². The van der Waals surface area contributed by atoms with Gasteiger partial charge in [-0.05, 0) is 24.6 Å². The number of aryl methyl sites for hydroxylation is 1. The van der Waals surface area contributed by atoms with Crippen molar-refractivity contribution in [1.29, 1.82) is 0 Å². The Morgan fingerprint density at radius 3 is 2.89 bits per heavy atom. The van der Waals surface area contributed by atoms with Gasteiger partial charge in [0.15, 0.2) is 5.16 Å². The number of aromatic amines is 1. The molecule has 2 aromatic rings. The highest BCUT2D eigenvalue weighted by Crippen LogP contribution is 2.32. The fraction of sp³-hybridized carbons (Fsp3) is 0.231. The first-order valence-corrected chi connectivity index (χ1v) is 7.46. The van der Waals surface area contributed by atoms with Crippen LogP contribution in [0.4, 0.5) is 0 Å². The second-order valence-corrected chi connectivity index (χ2v) is 6.20. The summed E-state index contributed by atoms with van der Waals surface area (Å²) in [5, 5.41) is 0.655. The summed E-state index contributed by atoms with van der Waals surface area (Å²) in [6.07, 6.45) is 0. The molecular formula is C13H14BrN3OS. The van der Waals surface area contributed by atoms with E-state index in [0.717, 1.165) is 10.0 Å². The van der Waals surface area contributed by atoms with E-state index < -0.39 is 0 Å². The maximum Gasteiger partial charge on any atom is 0.251 e. The molecule has 0 fully saturated rings. The van der Waals surface area contributed by atoms with Crippen molar-refractivity contribution < 1.29 is 0 Å². The highest BCUT2D eigenvalue weighted by Gasteiger charge is 2.13. The van der Waals surface area contributed by atoms with Gasteiger partial charge in [-0.25, -0.2) is 4.98 Å². The molecule has 4 nitrogen and oxygen atoms in total. The van der Waals surface area contributed by atoms with Gasteiger partial charge in [0, 0.05) is 28.0 Å². The van der Waals surface area contributed by atoms with Gasteiger partial charge in [0.25, 0.3) is 5.56 Å². The Labute approximate surface area is 124 Å². The number of hydrogen-bond donors (Lipinski definition) is 2. The van der Waals surface area contributed by atoms with E-state index in [-0.39, 0.29) is 10.8 Å². The van der Waals surface area contributed by atoms with Crippen molar-refractivity contribution in [2.24, 2.45) is 5.73 Å². The number of hydrogen-bond acceptors (Lipinski definition) is 4. The number of rotatable bonds is 4. The van der Waals surface area contributed by atoms with E-state index in [4.69, 9.17) is 5.73 Å². The molecule has 0 spiro atoms. The summed E-state index contributed by atoms with van der Waals surface area (Å²) in [5.74, 6) is 0. The summed E-state index contributed by atoms with van der Waals surface area (Å²) in [5.41, 5.74) is 7.49. The van der Waals surface area contributed by atoms with Crippen LogP contribution >= 0.6 is 27.7 Å². The molecule has 0 bridgehead atoms. The fourth-order valence-corrected chi connectivity index (χ4v) is 3.12. The minimum atomic E-state index is -0.139. The highest BCUT2D eigenvalue weighted by atomic mass is 79.9. The van der Waals surface area contributed by atoms with Gasteiger partial charge in [-0.2, -0.15) is 0 Å². The molecule has 0 aliphatic carbocycles. The molecule has 1 aromatic carbocycles. The maximum atomic E-state index is 11.4. The summed E-state index contributed by atoms with van der Waals surface area (Å²) in [6, 6.07) is 9.45. The standard InChI is InChI=1S/C13H14BrN3OS/c1-8-5-12(18)17-13(16-8)19-11(7-15)9-3-2-4-10(14)6-9/h2-6,11H,7,15H2,1H3,(H,16,17,18). The van der Waals surface area contributed by atoms with Crippen LogP contribution in [0.5, 0.6) is 0 Å². The van der Waals surface area contributed by atoms with Crippen LogP contribution in [-0.4, -0.2) is 16.5 Å². The first-order valence-electron chi connectivity index (χ1n) is 5.78. The second kappa shape index (κ2) is 6.36. The van der Waals surface area contributed by atoms with Gasteiger partial charge < -0.3 is 10.7 Å². The van der Waals surface area contributed by atoms with Crippen LogP contribution in [0.2, 0.25) is 0 Å². The lowest BCUT2D eigenvalue weighted by atomic mass is 10.1. The van der Waals surface area contributed by atoms with E-state index in [1.165, 1.54) is 17.8 Å². The molecule has 3 N–H and O–H groups in total. The third-order valence-corrected chi connectivity index (χ3v) is 4.20. The number of H-pyrrole nitrogens is 1. The molecule has 2 rings (SSSR count). The fourth-order valence-electron chi connectivity index (χ4n) is 1.70. The number of aromatic nitrogens is 2. The predicted molar refractivity (Wildman–Crippen MR) is 81.4 cm³/mol. The molecule has 0 amide bonds. The van der Waals surface area contributed by atoms with Crippen LogP contribution in [0.3, 0.4) is 0 Å². The van der Waals surface area contributed by atoms with Crippen LogP contribution in [0.1, 0.15) is 16.5 Å². The Morgan fingerprint density at radius 2 is 2.26 bits per heavy atom. The molecule has 1 aromatic heterocycles. The number of benzene rings is 1. The van der Waals surface area contributed by atoms with Crippen LogP contribution in [-0.2, 0) is 0 Å². The summed E-state index contributed by atoms with van der Waals surface area (Å²) in [7, 11) is 0. The minimum absolute atomic E-state index is 0.0578. The molecule has 0 saturated heterocycles. The van der Waals surface area contributed by atoms with Crippen LogP contribution in [0, 0.1) is 6.92 Å². The summed E-state index contributed by atoms with van der Waals surface area (Å²) >= 11 is 4.91. The molecule has 1 heterocycles. The Bertz CT molecular complexity index is 629. The Kier molecular flexibility index (Phi) is 4.79. The molecule has 100 valence electrons. The molecule has 1 unspecified atom stereocenters. The molecule has 0 saturated carbocycles. The van der Waals surface area contributed by atoms with Gasteiger partial charge >= 0.3 is 0 Å². The Balaban J connectivity index is 2.26. The zero-order chi connectivity index (χ0) is 13.8. The lowest BCUT2D eigenvalue weighted by molar-refractivity contribution is 0.879. The number of nitrogens with two attached hydrogens (primary N) is 1. The lowest BCUT2D eigenvalue weighted by Gasteiger charge is -2.14. The molecule has 0 aliphatic heterocycles. The SMILES string of the molecule is Cc1cc(=O)[nH]c(SC(CN)c2cccc(Br)c2)n1. The van der Waals surface area contributed by atoms with Gasteiger partial charge in [0.1, 0.15) is 0 Å². The molecule has 0 radical (unpaired) electrons. The van der Waals surface area contributed by atoms with Crippen molar-refractivity contribution in [2.75, 3.05) is 6.54 Å². The number of nitrogens with one attached hydrogen (secondary N) is 1. The summed E-state index contributed by atoms with van der Waals surface area (Å²) in [4.78, 5) is 18.5. The van der Waals surface area contributed by atoms with Crippen molar-refractivity contribution in [2.45, 2.75) is 17.3 Å². The normalized spacial score (nSPS) is 12.4. The molecular weight excluding hydrogens is 326 g/mol. The van der Waals surface area contributed by atoms with E-state index in [1.54, 1.807) is 6.92 Å². The van der Waals surface area contributed by atoms with Gasteiger partial charge in [0.05, 0.1) is 0 Å². The van der Waals surface area contributed by atoms with Gasteiger partial charge in [0.2, 0.25) is 0 Å². The van der Waals surface area contributed by atoms with E-state index in [2.05, 4.69) is 25.9 Å².